The maximum atomic E-state index is 14.7. The molecule has 1 amide bonds. The lowest BCUT2D eigenvalue weighted by Gasteiger charge is -2.13. The van der Waals surface area contributed by atoms with Crippen molar-refractivity contribution >= 4 is 51.1 Å². The predicted octanol–water partition coefficient (Wildman–Crippen LogP) is 4.80. The highest BCUT2D eigenvalue weighted by Crippen LogP contribution is 2.40. The molecule has 0 fully saturated rings. The van der Waals surface area contributed by atoms with E-state index < -0.39 is 21.7 Å². The van der Waals surface area contributed by atoms with E-state index in [4.69, 9.17) is 4.74 Å². The average Bonchev–Trinajstić information content (AvgIpc) is 3.35. The first-order valence-electron chi connectivity index (χ1n) is 11.6. The molecule has 3 heterocycles. The van der Waals surface area contributed by atoms with E-state index in [9.17, 15) is 17.6 Å². The van der Waals surface area contributed by atoms with Crippen LogP contribution in [0.15, 0.2) is 75.7 Å². The van der Waals surface area contributed by atoms with Crippen LogP contribution in [0.1, 0.15) is 26.4 Å². The van der Waals surface area contributed by atoms with E-state index in [-0.39, 0.29) is 28.6 Å². The number of hydrogen-bond acceptors (Lipinski definition) is 8. The summed E-state index contributed by atoms with van der Waals surface area (Å²) in [6.45, 7) is 3.68. The van der Waals surface area contributed by atoms with Gasteiger partial charge in [0.1, 0.15) is 11.5 Å². The first-order valence-corrected chi connectivity index (χ1v) is 13.9. The summed E-state index contributed by atoms with van der Waals surface area (Å²) in [5, 5.41) is 2.72. The Labute approximate surface area is 228 Å². The average molecular weight is 564 g/mol. The minimum Gasteiger partial charge on any atom is -0.480 e. The van der Waals surface area contributed by atoms with E-state index in [1.807, 2.05) is 0 Å². The largest absolute Gasteiger partial charge is 0.480 e. The Morgan fingerprint density at radius 2 is 1.92 bits per heavy atom. The number of hydrogen-bond donors (Lipinski definition) is 2. The third-order valence-electron chi connectivity index (χ3n) is 5.99. The van der Waals surface area contributed by atoms with Gasteiger partial charge in [-0.25, -0.2) is 17.8 Å². The van der Waals surface area contributed by atoms with Gasteiger partial charge in [0.15, 0.2) is 0 Å². The van der Waals surface area contributed by atoms with Gasteiger partial charge in [-0.05, 0) is 60.8 Å². The van der Waals surface area contributed by atoms with Gasteiger partial charge in [0.05, 0.1) is 28.3 Å². The predicted molar refractivity (Wildman–Crippen MR) is 150 cm³/mol. The fourth-order valence-electron chi connectivity index (χ4n) is 4.18. The lowest BCUT2D eigenvalue weighted by Crippen LogP contribution is -2.23. The number of amides is 1. The maximum absolute atomic E-state index is 14.7. The molecule has 0 saturated heterocycles. The fraction of sp³-hybridized carbons (Fsp3) is 0.111. The molecule has 5 rings (SSSR count). The van der Waals surface area contributed by atoms with Gasteiger partial charge in [-0.15, -0.1) is 11.3 Å². The molecule has 0 spiro atoms. The summed E-state index contributed by atoms with van der Waals surface area (Å²) >= 11 is 1.32. The molecule has 2 aromatic carbocycles. The number of fused-ring (bicyclic) bond motifs is 9. The number of sulfonamides is 1. The molecule has 0 unspecified atom stereocenters. The Morgan fingerprint density at radius 3 is 2.67 bits per heavy atom. The monoisotopic (exact) mass is 563 g/mol. The molecule has 2 N–H and O–H groups in total. The zero-order chi connectivity index (χ0) is 27.7. The summed E-state index contributed by atoms with van der Waals surface area (Å²) in [6, 6.07) is 13.4. The van der Waals surface area contributed by atoms with Crippen LogP contribution < -0.4 is 14.8 Å². The molecule has 198 valence electrons. The molecule has 0 saturated carbocycles. The number of carbonyl (C=O) groups excluding carboxylic acids is 1. The quantitative estimate of drug-likeness (QED) is 0.339. The molecular weight excluding hydrogens is 541 g/mol. The summed E-state index contributed by atoms with van der Waals surface area (Å²) in [4.78, 5) is 27.0. The highest BCUT2D eigenvalue weighted by molar-refractivity contribution is 7.92. The summed E-state index contributed by atoms with van der Waals surface area (Å²) in [6.07, 6.45) is 1.55. The van der Waals surface area contributed by atoms with Crippen LogP contribution in [0.25, 0.3) is 10.4 Å². The van der Waals surface area contributed by atoms with Gasteiger partial charge in [0, 0.05) is 41.4 Å². The van der Waals surface area contributed by atoms with E-state index in [1.165, 1.54) is 54.8 Å². The minimum absolute atomic E-state index is 0.00546. The Balaban J connectivity index is 1.74. The highest BCUT2D eigenvalue weighted by atomic mass is 32.2. The number of aromatic nitrogens is 1. The van der Waals surface area contributed by atoms with E-state index in [2.05, 4.69) is 31.7 Å². The molecule has 2 aromatic heterocycles. The van der Waals surface area contributed by atoms with Gasteiger partial charge in [-0.3, -0.25) is 19.5 Å². The van der Waals surface area contributed by atoms with Crippen molar-refractivity contribution in [3.8, 4) is 16.3 Å². The first kappa shape index (κ1) is 26.2. The Bertz CT molecular complexity index is 1770. The minimum atomic E-state index is -4.13. The van der Waals surface area contributed by atoms with Gasteiger partial charge in [0.25, 0.3) is 15.9 Å². The fourth-order valence-corrected chi connectivity index (χ4v) is 6.42. The van der Waals surface area contributed by atoms with Crippen LogP contribution in [-0.2, 0) is 16.6 Å². The molecule has 12 heteroatoms. The van der Waals surface area contributed by atoms with Crippen LogP contribution >= 0.6 is 11.3 Å². The van der Waals surface area contributed by atoms with Crippen LogP contribution in [0.3, 0.4) is 0 Å². The van der Waals surface area contributed by atoms with E-state index in [0.29, 0.717) is 37.8 Å². The van der Waals surface area contributed by atoms with E-state index >= 15 is 0 Å². The lowest BCUT2D eigenvalue weighted by atomic mass is 10.0. The number of thiophene rings is 1. The molecule has 0 radical (unpaired) electrons. The molecule has 0 aliphatic carbocycles. The molecule has 39 heavy (non-hydrogen) atoms. The number of pyridine rings is 1. The van der Waals surface area contributed by atoms with Crippen molar-refractivity contribution in [2.45, 2.75) is 11.4 Å². The molecule has 8 bridgehead atoms. The normalized spacial score (nSPS) is 15.5. The van der Waals surface area contributed by atoms with E-state index in [0.717, 1.165) is 0 Å². The number of benzene rings is 2. The second kappa shape index (κ2) is 10.4. The number of aliphatic imine (C=N–C) groups is 2. The number of methoxy groups -OCH3 is 1. The summed E-state index contributed by atoms with van der Waals surface area (Å²) in [7, 11) is -1.16. The zero-order valence-corrected chi connectivity index (χ0v) is 22.5. The number of nitrogens with zero attached hydrogens (tertiary/aromatic N) is 3. The van der Waals surface area contributed by atoms with Crippen LogP contribution in [0.4, 0.5) is 15.8 Å². The Hall–Kier alpha value is -4.42. The van der Waals surface area contributed by atoms with Crippen molar-refractivity contribution in [1.82, 2.24) is 10.3 Å². The van der Waals surface area contributed by atoms with Crippen molar-refractivity contribution in [2.24, 2.45) is 9.98 Å². The standard InChI is InChI=1S/C27H22FN5O4S2/c1-29-21-12-23-18-11-22(27(37-3)32-14-18)33-39(35,36)20-6-4-5-16(10-20)26(34)31-13-15-7-17(9-19(28)8-15)24(30-2)25(21)38-23/h4-12,14,33H,1,13H2,2-3H3,(H,31,34)/b30-24-. The second-order valence-electron chi connectivity index (χ2n) is 8.50. The van der Waals surface area contributed by atoms with Crippen LogP contribution in [0.5, 0.6) is 5.88 Å². The first-order chi connectivity index (χ1) is 18.7. The highest BCUT2D eigenvalue weighted by Gasteiger charge is 2.22. The summed E-state index contributed by atoms with van der Waals surface area (Å²) in [5.41, 5.74) is 2.81. The van der Waals surface area contributed by atoms with Gasteiger partial charge in [0.2, 0.25) is 5.88 Å². The molecule has 4 aromatic rings. The third kappa shape index (κ3) is 5.16. The molecular formula is C27H22FN5O4S2. The van der Waals surface area contributed by atoms with Crippen LogP contribution in [0, 0.1) is 5.82 Å². The number of nitrogens with one attached hydrogen (secondary N) is 2. The Kier molecular flexibility index (Phi) is 6.98. The number of carbonyl (C=O) groups is 1. The molecule has 9 nitrogen and oxygen atoms in total. The third-order valence-corrected chi connectivity index (χ3v) is 8.53. The number of halogens is 1. The number of anilines is 1. The lowest BCUT2D eigenvalue weighted by molar-refractivity contribution is 0.0950. The summed E-state index contributed by atoms with van der Waals surface area (Å²) in [5.74, 6) is -0.960. The smallest absolute Gasteiger partial charge is 0.262 e. The van der Waals surface area contributed by atoms with Crippen molar-refractivity contribution in [3.05, 3.63) is 88.2 Å². The second-order valence-corrected chi connectivity index (χ2v) is 11.2. The maximum Gasteiger partial charge on any atom is 0.262 e. The van der Waals surface area contributed by atoms with Gasteiger partial charge in [-0.1, -0.05) is 6.07 Å². The summed E-state index contributed by atoms with van der Waals surface area (Å²) < 4.78 is 49.1. The number of rotatable bonds is 2. The SMILES string of the molecule is C=Nc1cc2sc1/C(=N\C)c1cc(F)cc(c1)CNC(=O)c1cccc(c1)S(=O)(=O)Nc1cc-2cnc1OC. The van der Waals surface area contributed by atoms with Crippen LogP contribution in [-0.4, -0.2) is 45.9 Å². The van der Waals surface area contributed by atoms with Crippen LogP contribution in [0.2, 0.25) is 0 Å². The Morgan fingerprint density at radius 1 is 1.10 bits per heavy atom. The van der Waals surface area contributed by atoms with Crippen molar-refractivity contribution in [2.75, 3.05) is 18.9 Å². The molecule has 1 aliphatic heterocycles. The van der Waals surface area contributed by atoms with Crippen molar-refractivity contribution in [3.63, 3.8) is 0 Å². The topological polar surface area (TPSA) is 122 Å². The van der Waals surface area contributed by atoms with Gasteiger partial charge in [-0.2, -0.15) is 0 Å². The molecule has 0 atom stereocenters. The van der Waals surface area contributed by atoms with Gasteiger partial charge < -0.3 is 10.1 Å². The van der Waals surface area contributed by atoms with Crippen molar-refractivity contribution < 1.29 is 22.3 Å². The van der Waals surface area contributed by atoms with Gasteiger partial charge >= 0.3 is 0 Å². The van der Waals surface area contributed by atoms with Crippen molar-refractivity contribution in [1.29, 1.82) is 0 Å². The van der Waals surface area contributed by atoms with E-state index in [1.54, 1.807) is 31.4 Å². The molecule has 1 aliphatic rings. The number of ether oxygens (including phenoxy) is 1. The zero-order valence-electron chi connectivity index (χ0n) is 20.9.